The molecule has 0 spiro atoms. The van der Waals surface area contributed by atoms with Crippen molar-refractivity contribution in [1.82, 2.24) is 19.4 Å². The highest BCUT2D eigenvalue weighted by atomic mass is 35.5. The van der Waals surface area contributed by atoms with Crippen LogP contribution >= 0.6 is 23.2 Å². The summed E-state index contributed by atoms with van der Waals surface area (Å²) >= 11 is 12.0. The minimum absolute atomic E-state index is 0.568. The second-order valence-corrected chi connectivity index (χ2v) is 6.31. The Morgan fingerprint density at radius 2 is 2.29 bits per heavy atom. The zero-order chi connectivity index (χ0) is 14.8. The maximum absolute atomic E-state index is 6.03. The Hall–Kier alpha value is -0.840. The van der Waals surface area contributed by atoms with Crippen molar-refractivity contribution in [2.24, 2.45) is 0 Å². The van der Waals surface area contributed by atoms with Crippen LogP contribution in [0.25, 0.3) is 11.2 Å². The van der Waals surface area contributed by atoms with E-state index in [9.17, 15) is 0 Å². The number of aromatic nitrogens is 3. The lowest BCUT2D eigenvalue weighted by Gasteiger charge is -2.24. The van der Waals surface area contributed by atoms with Crippen molar-refractivity contribution < 1.29 is 0 Å². The van der Waals surface area contributed by atoms with Crippen LogP contribution in [0.3, 0.4) is 0 Å². The molecule has 0 N–H and O–H groups in total. The van der Waals surface area contributed by atoms with Gasteiger partial charge in [0.05, 0.1) is 5.02 Å². The molecule has 1 fully saturated rings. The summed E-state index contributed by atoms with van der Waals surface area (Å²) in [5.41, 5.74) is 1.78. The number of nitrogens with zero attached hydrogens (tertiary/aromatic N) is 4. The van der Waals surface area contributed by atoms with Crippen molar-refractivity contribution in [1.29, 1.82) is 0 Å². The Morgan fingerprint density at radius 1 is 1.43 bits per heavy atom. The minimum Gasteiger partial charge on any atom is -0.311 e. The van der Waals surface area contributed by atoms with E-state index in [0.717, 1.165) is 36.5 Å². The van der Waals surface area contributed by atoms with Crippen molar-refractivity contribution in [2.45, 2.75) is 38.8 Å². The van der Waals surface area contributed by atoms with Crippen LogP contribution in [0.2, 0.25) is 5.02 Å². The van der Waals surface area contributed by atoms with Crippen LogP contribution in [-0.4, -0.2) is 44.4 Å². The Bertz CT molecular complexity index is 625. The fraction of sp³-hybridized carbons (Fsp3) is 0.600. The molecule has 1 atom stereocenters. The predicted molar refractivity (Wildman–Crippen MR) is 87.2 cm³/mol. The van der Waals surface area contributed by atoms with Crippen LogP contribution in [0.1, 0.15) is 25.6 Å². The van der Waals surface area contributed by atoms with E-state index in [2.05, 4.69) is 26.4 Å². The van der Waals surface area contributed by atoms with Gasteiger partial charge >= 0.3 is 0 Å². The van der Waals surface area contributed by atoms with E-state index >= 15 is 0 Å². The van der Waals surface area contributed by atoms with E-state index in [-0.39, 0.29) is 0 Å². The van der Waals surface area contributed by atoms with E-state index < -0.39 is 0 Å². The van der Waals surface area contributed by atoms with E-state index in [4.69, 9.17) is 23.2 Å². The van der Waals surface area contributed by atoms with E-state index in [0.29, 0.717) is 16.9 Å². The van der Waals surface area contributed by atoms with Gasteiger partial charge in [-0.05, 0) is 32.0 Å². The largest absolute Gasteiger partial charge is 0.311 e. The first-order valence-corrected chi connectivity index (χ1v) is 8.45. The molecule has 0 aromatic carbocycles. The van der Waals surface area contributed by atoms with Gasteiger partial charge in [-0.3, -0.25) is 4.90 Å². The molecule has 0 amide bonds. The second-order valence-electron chi connectivity index (χ2n) is 5.50. The van der Waals surface area contributed by atoms with Gasteiger partial charge in [0.25, 0.3) is 0 Å². The molecule has 21 heavy (non-hydrogen) atoms. The van der Waals surface area contributed by atoms with Gasteiger partial charge in [-0.15, -0.1) is 11.6 Å². The molecule has 114 valence electrons. The summed E-state index contributed by atoms with van der Waals surface area (Å²) in [6.45, 7) is 5.45. The number of likely N-dealkylation sites (N-methyl/N-ethyl adjacent to an activating group) is 1. The van der Waals surface area contributed by atoms with E-state index in [1.54, 1.807) is 6.20 Å². The van der Waals surface area contributed by atoms with Gasteiger partial charge in [-0.25, -0.2) is 9.97 Å². The van der Waals surface area contributed by atoms with Gasteiger partial charge in [0.1, 0.15) is 11.3 Å². The van der Waals surface area contributed by atoms with Crippen molar-refractivity contribution in [3.05, 3.63) is 23.1 Å². The predicted octanol–water partition coefficient (Wildman–Crippen LogP) is 3.35. The van der Waals surface area contributed by atoms with Crippen molar-refractivity contribution in [3.63, 3.8) is 0 Å². The highest BCUT2D eigenvalue weighted by molar-refractivity contribution is 6.31. The fourth-order valence-electron chi connectivity index (χ4n) is 3.23. The third-order valence-electron chi connectivity index (χ3n) is 4.25. The molecule has 4 nitrogen and oxygen atoms in total. The van der Waals surface area contributed by atoms with Crippen LogP contribution in [0.15, 0.2) is 12.3 Å². The van der Waals surface area contributed by atoms with Crippen LogP contribution in [0.4, 0.5) is 0 Å². The van der Waals surface area contributed by atoms with Crippen molar-refractivity contribution >= 4 is 34.4 Å². The second kappa shape index (κ2) is 6.51. The van der Waals surface area contributed by atoms with Gasteiger partial charge in [-0.2, -0.15) is 0 Å². The van der Waals surface area contributed by atoms with E-state index in [1.165, 1.54) is 19.4 Å². The van der Waals surface area contributed by atoms with Crippen molar-refractivity contribution in [3.8, 4) is 0 Å². The molecule has 1 unspecified atom stereocenters. The molecule has 0 saturated carbocycles. The zero-order valence-corrected chi connectivity index (χ0v) is 13.7. The van der Waals surface area contributed by atoms with Gasteiger partial charge < -0.3 is 4.57 Å². The first-order chi connectivity index (χ1) is 10.2. The van der Waals surface area contributed by atoms with Gasteiger partial charge in [0.2, 0.25) is 0 Å². The number of fused-ring (bicyclic) bond motifs is 1. The molecule has 2 aromatic heterocycles. The lowest BCUT2D eigenvalue weighted by atomic mass is 10.2. The summed E-state index contributed by atoms with van der Waals surface area (Å²) in [6.07, 6.45) is 4.96. The Kier molecular flexibility index (Phi) is 4.67. The summed E-state index contributed by atoms with van der Waals surface area (Å²) in [5.74, 6) is 1.58. The number of aryl methyl sites for hydroxylation is 1. The fourth-order valence-corrected chi connectivity index (χ4v) is 3.55. The zero-order valence-electron chi connectivity index (χ0n) is 12.2. The number of halogens is 2. The molecular weight excluding hydrogens is 307 g/mol. The summed E-state index contributed by atoms with van der Waals surface area (Å²) in [4.78, 5) is 11.7. The third kappa shape index (κ3) is 3.03. The average molecular weight is 327 g/mol. The Balaban J connectivity index is 1.96. The molecule has 1 aliphatic heterocycles. The van der Waals surface area contributed by atoms with Crippen molar-refractivity contribution in [2.75, 3.05) is 19.0 Å². The number of rotatable bonds is 5. The molecule has 1 aliphatic rings. The van der Waals surface area contributed by atoms with Crippen LogP contribution in [-0.2, 0) is 13.0 Å². The van der Waals surface area contributed by atoms with E-state index in [1.807, 2.05) is 6.07 Å². The van der Waals surface area contributed by atoms with Crippen LogP contribution in [0, 0.1) is 0 Å². The molecule has 3 heterocycles. The van der Waals surface area contributed by atoms with Gasteiger partial charge in [-0.1, -0.05) is 18.5 Å². The third-order valence-corrected chi connectivity index (χ3v) is 4.64. The van der Waals surface area contributed by atoms with Gasteiger partial charge in [0.15, 0.2) is 5.65 Å². The maximum atomic E-state index is 6.03. The molecule has 1 saturated heterocycles. The molecule has 0 radical (unpaired) electrons. The van der Waals surface area contributed by atoms with Crippen LogP contribution < -0.4 is 0 Å². The topological polar surface area (TPSA) is 34.0 Å². The maximum Gasteiger partial charge on any atom is 0.160 e. The Labute approximate surface area is 135 Å². The summed E-state index contributed by atoms with van der Waals surface area (Å²) < 4.78 is 2.23. The summed E-state index contributed by atoms with van der Waals surface area (Å²) in [6, 6.07) is 2.45. The van der Waals surface area contributed by atoms with Crippen LogP contribution in [0.5, 0.6) is 0 Å². The number of likely N-dealkylation sites (tertiary alicyclic amines) is 1. The monoisotopic (exact) mass is 326 g/mol. The summed E-state index contributed by atoms with van der Waals surface area (Å²) in [7, 11) is 0. The number of imidazole rings is 1. The number of pyridine rings is 1. The molecule has 2 aromatic rings. The normalized spacial score (nSPS) is 19.7. The first kappa shape index (κ1) is 15.1. The summed E-state index contributed by atoms with van der Waals surface area (Å²) in [5, 5.41) is 0.626. The molecular formula is C15H20Cl2N4. The Morgan fingerprint density at radius 3 is 3.05 bits per heavy atom. The SMILES string of the molecule is CCN1CCCC1Cn1c(CCCl)nc2cc(Cl)cnc21. The quantitative estimate of drug-likeness (QED) is 0.790. The van der Waals surface area contributed by atoms with Gasteiger partial charge in [0, 0.05) is 31.1 Å². The number of alkyl halides is 1. The number of hydrogen-bond donors (Lipinski definition) is 0. The molecule has 0 bridgehead atoms. The standard InChI is InChI=1S/C15H20Cl2N4/c1-2-20-7-3-4-12(20)10-21-14(5-6-16)19-13-8-11(17)9-18-15(13)21/h8-9,12H,2-7,10H2,1H3. The lowest BCUT2D eigenvalue weighted by Crippen LogP contribution is -2.33. The molecule has 3 rings (SSSR count). The molecule has 0 aliphatic carbocycles. The smallest absolute Gasteiger partial charge is 0.160 e. The average Bonchev–Trinajstić information content (AvgIpc) is 3.04. The number of hydrogen-bond acceptors (Lipinski definition) is 3. The highest BCUT2D eigenvalue weighted by Crippen LogP contribution is 2.23. The molecule has 6 heteroatoms. The first-order valence-electron chi connectivity index (χ1n) is 7.53. The minimum atomic E-state index is 0.568. The lowest BCUT2D eigenvalue weighted by molar-refractivity contribution is 0.244. The highest BCUT2D eigenvalue weighted by Gasteiger charge is 2.25.